The second-order valence-corrected chi connectivity index (χ2v) is 6.83. The Hall–Kier alpha value is -2.48. The first-order chi connectivity index (χ1) is 11.6. The van der Waals surface area contributed by atoms with Gasteiger partial charge in [-0.05, 0) is 31.7 Å². The van der Waals surface area contributed by atoms with E-state index in [0.717, 1.165) is 29.4 Å². The first-order valence-corrected chi connectivity index (χ1v) is 8.70. The highest BCUT2D eigenvalue weighted by Crippen LogP contribution is 2.26. The molecule has 0 spiro atoms. The number of hydrogen-bond acceptors (Lipinski definition) is 6. The first kappa shape index (κ1) is 15.1. The van der Waals surface area contributed by atoms with E-state index in [9.17, 15) is 4.79 Å². The van der Waals surface area contributed by atoms with Crippen molar-refractivity contribution in [2.45, 2.75) is 39.3 Å². The molecule has 1 aliphatic heterocycles. The zero-order chi connectivity index (χ0) is 16.7. The summed E-state index contributed by atoms with van der Waals surface area (Å²) in [5, 5.41) is 13.3. The van der Waals surface area contributed by atoms with Crippen LogP contribution >= 0.6 is 11.3 Å². The van der Waals surface area contributed by atoms with Crippen LogP contribution in [0.2, 0.25) is 0 Å². The molecule has 0 aliphatic carbocycles. The first-order valence-electron chi connectivity index (χ1n) is 7.82. The zero-order valence-electron chi connectivity index (χ0n) is 13.4. The molecule has 24 heavy (non-hydrogen) atoms. The monoisotopic (exact) mass is 343 g/mol. The van der Waals surface area contributed by atoms with Gasteiger partial charge in [-0.15, -0.1) is 21.5 Å². The molecule has 1 aliphatic rings. The molecule has 0 fully saturated rings. The fourth-order valence-corrected chi connectivity index (χ4v) is 3.60. The van der Waals surface area contributed by atoms with Gasteiger partial charge in [-0.2, -0.15) is 0 Å². The van der Waals surface area contributed by atoms with Crippen LogP contribution in [-0.4, -0.2) is 31.7 Å². The van der Waals surface area contributed by atoms with Gasteiger partial charge in [-0.1, -0.05) is 6.07 Å². The van der Waals surface area contributed by atoms with Gasteiger partial charge in [0.25, 0.3) is 5.91 Å². The lowest BCUT2D eigenvalue weighted by Gasteiger charge is -2.24. The number of nitrogens with one attached hydrogen (secondary N) is 1. The number of carbonyl (C=O) groups is 1. The maximum absolute atomic E-state index is 12.6. The number of hydrogen-bond donors (Lipinski definition) is 1. The molecule has 0 saturated heterocycles. The number of fused-ring (bicyclic) bond motifs is 1. The number of amides is 1. The second-order valence-electron chi connectivity index (χ2n) is 5.88. The molecule has 3 aromatic rings. The fraction of sp³-hybridized carbons (Fsp3) is 0.375. The third-order valence-corrected chi connectivity index (χ3v) is 5.07. The number of carbonyl (C=O) groups excluding carboxylic acids is 1. The standard InChI is InChI=1S/C16H17N5O2S/c1-9-14(18-16(23-9)12-4-3-7-24-12)15(22)17-11-5-6-13-20-19-10(2)21(13)8-11/h3-4,7,11H,5-6,8H2,1-2H3,(H,17,22). The molecule has 0 bridgehead atoms. The Morgan fingerprint density at radius 3 is 3.08 bits per heavy atom. The van der Waals surface area contributed by atoms with Gasteiger partial charge in [0.1, 0.15) is 17.4 Å². The lowest BCUT2D eigenvalue weighted by molar-refractivity contribution is 0.0921. The van der Waals surface area contributed by atoms with Gasteiger partial charge in [-0.25, -0.2) is 4.98 Å². The Bertz CT molecular complexity index is 881. The molecule has 1 unspecified atom stereocenters. The highest BCUT2D eigenvalue weighted by atomic mass is 32.1. The van der Waals surface area contributed by atoms with Crippen molar-refractivity contribution >= 4 is 17.2 Å². The van der Waals surface area contributed by atoms with Crippen molar-refractivity contribution in [2.75, 3.05) is 0 Å². The van der Waals surface area contributed by atoms with Crippen LogP contribution in [0.5, 0.6) is 0 Å². The molecule has 7 nitrogen and oxygen atoms in total. The third-order valence-electron chi connectivity index (χ3n) is 4.21. The van der Waals surface area contributed by atoms with E-state index in [-0.39, 0.29) is 11.9 Å². The molecular weight excluding hydrogens is 326 g/mol. The minimum absolute atomic E-state index is 0.0426. The van der Waals surface area contributed by atoms with Crippen molar-refractivity contribution in [1.82, 2.24) is 25.1 Å². The van der Waals surface area contributed by atoms with Gasteiger partial charge in [0.2, 0.25) is 5.89 Å². The lowest BCUT2D eigenvalue weighted by atomic mass is 10.1. The highest BCUT2D eigenvalue weighted by molar-refractivity contribution is 7.13. The van der Waals surface area contributed by atoms with Crippen molar-refractivity contribution < 1.29 is 9.21 Å². The Balaban J connectivity index is 1.50. The lowest BCUT2D eigenvalue weighted by Crippen LogP contribution is -2.41. The van der Waals surface area contributed by atoms with Crippen molar-refractivity contribution in [3.05, 3.63) is 40.6 Å². The molecule has 124 valence electrons. The summed E-state index contributed by atoms with van der Waals surface area (Å²) in [5.74, 6) is 2.69. The van der Waals surface area contributed by atoms with Gasteiger partial charge < -0.3 is 14.3 Å². The number of thiophene rings is 1. The molecule has 4 heterocycles. The van der Waals surface area contributed by atoms with Crippen molar-refractivity contribution in [1.29, 1.82) is 0 Å². The number of aromatic nitrogens is 4. The minimum Gasteiger partial charge on any atom is -0.440 e. The molecule has 1 atom stereocenters. The molecule has 0 aromatic carbocycles. The molecule has 4 rings (SSSR count). The van der Waals surface area contributed by atoms with E-state index in [0.29, 0.717) is 23.9 Å². The SMILES string of the molecule is Cc1oc(-c2cccs2)nc1C(=O)NC1CCc2nnc(C)n2C1. The summed E-state index contributed by atoms with van der Waals surface area (Å²) >= 11 is 1.54. The van der Waals surface area contributed by atoms with Crippen LogP contribution in [0.25, 0.3) is 10.8 Å². The molecule has 8 heteroatoms. The van der Waals surface area contributed by atoms with E-state index in [1.54, 1.807) is 6.92 Å². The number of aryl methyl sites for hydroxylation is 3. The van der Waals surface area contributed by atoms with E-state index in [1.807, 2.05) is 24.4 Å². The summed E-state index contributed by atoms with van der Waals surface area (Å²) in [6.07, 6.45) is 1.66. The van der Waals surface area contributed by atoms with Crippen molar-refractivity contribution in [3.63, 3.8) is 0 Å². The fourth-order valence-electron chi connectivity index (χ4n) is 2.95. The summed E-state index contributed by atoms with van der Waals surface area (Å²) in [4.78, 5) is 17.9. The molecule has 0 radical (unpaired) electrons. The molecule has 3 aromatic heterocycles. The van der Waals surface area contributed by atoms with Crippen LogP contribution in [0, 0.1) is 13.8 Å². The zero-order valence-corrected chi connectivity index (χ0v) is 14.3. The number of rotatable bonds is 3. The predicted molar refractivity (Wildman–Crippen MR) is 88.9 cm³/mol. The van der Waals surface area contributed by atoms with Crippen LogP contribution in [0.4, 0.5) is 0 Å². The normalized spacial score (nSPS) is 16.8. The van der Waals surface area contributed by atoms with E-state index >= 15 is 0 Å². The van der Waals surface area contributed by atoms with E-state index in [4.69, 9.17) is 4.42 Å². The van der Waals surface area contributed by atoms with E-state index < -0.39 is 0 Å². The van der Waals surface area contributed by atoms with Crippen LogP contribution in [0.1, 0.15) is 34.3 Å². The van der Waals surface area contributed by atoms with Crippen LogP contribution in [-0.2, 0) is 13.0 Å². The molecular formula is C16H17N5O2S. The smallest absolute Gasteiger partial charge is 0.273 e. The maximum atomic E-state index is 12.6. The molecule has 0 saturated carbocycles. The second kappa shape index (κ2) is 5.86. The summed E-state index contributed by atoms with van der Waals surface area (Å²) in [6, 6.07) is 3.90. The quantitative estimate of drug-likeness (QED) is 0.789. The number of nitrogens with zero attached hydrogens (tertiary/aromatic N) is 4. The van der Waals surface area contributed by atoms with Gasteiger partial charge in [0.05, 0.1) is 4.88 Å². The minimum atomic E-state index is -0.196. The van der Waals surface area contributed by atoms with E-state index in [1.165, 1.54) is 11.3 Å². The summed E-state index contributed by atoms with van der Waals surface area (Å²) < 4.78 is 7.70. The third kappa shape index (κ3) is 2.62. The molecule has 1 N–H and O–H groups in total. The Kier molecular flexibility index (Phi) is 3.68. The van der Waals surface area contributed by atoms with Crippen LogP contribution in [0.3, 0.4) is 0 Å². The summed E-state index contributed by atoms with van der Waals surface area (Å²) in [6.45, 7) is 4.38. The largest absolute Gasteiger partial charge is 0.440 e. The van der Waals surface area contributed by atoms with Crippen molar-refractivity contribution in [2.24, 2.45) is 0 Å². The van der Waals surface area contributed by atoms with Gasteiger partial charge in [0, 0.05) is 19.0 Å². The van der Waals surface area contributed by atoms with Crippen LogP contribution in [0.15, 0.2) is 21.9 Å². The predicted octanol–water partition coefficient (Wildman–Crippen LogP) is 2.36. The maximum Gasteiger partial charge on any atom is 0.273 e. The summed E-state index contributed by atoms with van der Waals surface area (Å²) in [5.41, 5.74) is 0.352. The number of oxazole rings is 1. The highest BCUT2D eigenvalue weighted by Gasteiger charge is 2.25. The van der Waals surface area contributed by atoms with Gasteiger partial charge >= 0.3 is 0 Å². The van der Waals surface area contributed by atoms with Gasteiger partial charge in [-0.3, -0.25) is 4.79 Å². The Morgan fingerprint density at radius 2 is 2.29 bits per heavy atom. The van der Waals surface area contributed by atoms with Crippen LogP contribution < -0.4 is 5.32 Å². The Labute approximate surface area is 142 Å². The molecule has 1 amide bonds. The topological polar surface area (TPSA) is 85.8 Å². The average Bonchev–Trinajstić information content (AvgIpc) is 3.28. The van der Waals surface area contributed by atoms with Gasteiger partial charge in [0.15, 0.2) is 5.69 Å². The van der Waals surface area contributed by atoms with Crippen molar-refractivity contribution in [3.8, 4) is 10.8 Å². The Morgan fingerprint density at radius 1 is 1.42 bits per heavy atom. The average molecular weight is 343 g/mol. The summed E-state index contributed by atoms with van der Waals surface area (Å²) in [7, 11) is 0. The van der Waals surface area contributed by atoms with E-state index in [2.05, 4.69) is 25.1 Å².